The number of unbranched alkanes of at least 4 members (excludes halogenated alkanes) is 5. The Morgan fingerprint density at radius 1 is 0.885 bits per heavy atom. The van der Waals surface area contributed by atoms with E-state index in [0.717, 1.165) is 38.5 Å². The molecule has 0 bridgehead atoms. The van der Waals surface area contributed by atoms with Crippen molar-refractivity contribution in [3.63, 3.8) is 0 Å². The second-order valence-corrected chi connectivity index (χ2v) is 6.97. The van der Waals surface area contributed by atoms with E-state index in [1.165, 1.54) is 0 Å². The van der Waals surface area contributed by atoms with E-state index in [-0.39, 0.29) is 49.8 Å². The van der Waals surface area contributed by atoms with Gasteiger partial charge in [0.25, 0.3) is 0 Å². The first-order valence-electron chi connectivity index (χ1n) is 9.59. The minimum Gasteiger partial charge on any atom is -0.370 e. The Kier molecular flexibility index (Phi) is 9.31. The fraction of sp³-hybridized carbons (Fsp3) is 0.889. The third kappa shape index (κ3) is 7.19. The average Bonchev–Trinajstić information content (AvgIpc) is 2.62. The molecule has 2 rings (SSSR count). The predicted molar refractivity (Wildman–Crippen MR) is 94.0 cm³/mol. The van der Waals surface area contributed by atoms with Crippen molar-refractivity contribution in [1.29, 1.82) is 0 Å². The van der Waals surface area contributed by atoms with Crippen LogP contribution >= 0.6 is 0 Å². The van der Waals surface area contributed by atoms with Gasteiger partial charge in [0.1, 0.15) is 31.9 Å². The molecule has 0 aromatic carbocycles. The highest BCUT2D eigenvalue weighted by molar-refractivity contribution is 5.75. The van der Waals surface area contributed by atoms with Gasteiger partial charge in [-0.25, -0.2) is 0 Å². The summed E-state index contributed by atoms with van der Waals surface area (Å²) in [5.74, 6) is -0.201. The highest BCUT2D eigenvalue weighted by Gasteiger charge is 2.42. The predicted octanol–water partition coefficient (Wildman–Crippen LogP) is 1.21. The molecule has 2 aliphatic heterocycles. The summed E-state index contributed by atoms with van der Waals surface area (Å²) in [7, 11) is 0. The van der Waals surface area contributed by atoms with Crippen LogP contribution in [0.25, 0.3) is 0 Å². The largest absolute Gasteiger partial charge is 0.370 e. The molecule has 0 aromatic rings. The molecule has 2 saturated heterocycles. The van der Waals surface area contributed by atoms with Crippen LogP contribution in [0.3, 0.4) is 0 Å². The second kappa shape index (κ2) is 11.5. The Morgan fingerprint density at radius 2 is 1.50 bits per heavy atom. The number of primary amides is 1. The van der Waals surface area contributed by atoms with Crippen LogP contribution in [0.1, 0.15) is 58.3 Å². The number of carbonyl (C=O) groups is 2. The van der Waals surface area contributed by atoms with Crippen molar-refractivity contribution in [2.24, 2.45) is 5.73 Å². The Balaban J connectivity index is 1.52. The lowest BCUT2D eigenvalue weighted by Crippen LogP contribution is -2.58. The molecule has 8 heteroatoms. The maximum Gasteiger partial charge on any atom is 0.220 e. The molecule has 0 spiro atoms. The van der Waals surface area contributed by atoms with Crippen LogP contribution in [0.5, 0.6) is 0 Å². The van der Waals surface area contributed by atoms with E-state index in [9.17, 15) is 9.59 Å². The Hall–Kier alpha value is -1.22. The molecule has 3 N–H and O–H groups in total. The summed E-state index contributed by atoms with van der Waals surface area (Å²) < 4.78 is 22.2. The molecule has 2 amide bonds. The standard InChI is InChI=1S/C18H32N2O6/c1-13-17-18(26-11-23-13)14(24-12-25-17)10-20-16(22)9-7-5-3-2-4-6-8-15(19)21/h13-14,17-18H,2-12H2,1H3,(H2,19,21)(H,20,22)/t13-,14+,17-,18-/m1/s1. The lowest BCUT2D eigenvalue weighted by atomic mass is 10.0. The molecule has 8 nitrogen and oxygen atoms in total. The van der Waals surface area contributed by atoms with Crippen molar-refractivity contribution < 1.29 is 28.5 Å². The zero-order valence-corrected chi connectivity index (χ0v) is 15.6. The summed E-state index contributed by atoms with van der Waals surface area (Å²) >= 11 is 0. The van der Waals surface area contributed by atoms with E-state index >= 15 is 0 Å². The van der Waals surface area contributed by atoms with E-state index in [2.05, 4.69) is 5.32 Å². The van der Waals surface area contributed by atoms with Gasteiger partial charge in [0.05, 0.1) is 6.10 Å². The summed E-state index contributed by atoms with van der Waals surface area (Å²) in [6.45, 7) is 2.78. The summed E-state index contributed by atoms with van der Waals surface area (Å²) in [5, 5.41) is 2.93. The van der Waals surface area contributed by atoms with Crippen LogP contribution in [-0.2, 0) is 28.5 Å². The highest BCUT2D eigenvalue weighted by Crippen LogP contribution is 2.25. The summed E-state index contributed by atoms with van der Waals surface area (Å²) in [6, 6.07) is 0. The zero-order chi connectivity index (χ0) is 18.8. The van der Waals surface area contributed by atoms with E-state index in [1.54, 1.807) is 0 Å². The van der Waals surface area contributed by atoms with Gasteiger partial charge < -0.3 is 30.0 Å². The lowest BCUT2D eigenvalue weighted by Gasteiger charge is -2.43. The van der Waals surface area contributed by atoms with E-state index < -0.39 is 0 Å². The van der Waals surface area contributed by atoms with Crippen LogP contribution in [0, 0.1) is 0 Å². The summed E-state index contributed by atoms with van der Waals surface area (Å²) in [4.78, 5) is 22.6. The molecule has 4 atom stereocenters. The van der Waals surface area contributed by atoms with Crippen molar-refractivity contribution >= 4 is 11.8 Å². The van der Waals surface area contributed by atoms with Gasteiger partial charge in [0.2, 0.25) is 11.8 Å². The number of nitrogens with one attached hydrogen (secondary N) is 1. The summed E-state index contributed by atoms with van der Waals surface area (Å²) in [6.07, 6.45) is 6.25. The number of hydrogen-bond acceptors (Lipinski definition) is 6. The third-order valence-corrected chi connectivity index (χ3v) is 4.86. The molecule has 2 aliphatic rings. The van der Waals surface area contributed by atoms with Crippen LogP contribution in [0.2, 0.25) is 0 Å². The molecule has 0 aromatic heterocycles. The monoisotopic (exact) mass is 372 g/mol. The van der Waals surface area contributed by atoms with Crippen molar-refractivity contribution in [2.75, 3.05) is 20.1 Å². The highest BCUT2D eigenvalue weighted by atomic mass is 16.8. The molecule has 150 valence electrons. The van der Waals surface area contributed by atoms with Gasteiger partial charge in [-0.15, -0.1) is 0 Å². The maximum atomic E-state index is 12.0. The van der Waals surface area contributed by atoms with Crippen molar-refractivity contribution in [2.45, 2.75) is 82.7 Å². The van der Waals surface area contributed by atoms with Crippen molar-refractivity contribution in [3.05, 3.63) is 0 Å². The topological polar surface area (TPSA) is 109 Å². The number of hydrogen-bond donors (Lipinski definition) is 2. The van der Waals surface area contributed by atoms with Crippen LogP contribution in [-0.4, -0.2) is 56.4 Å². The number of nitrogens with two attached hydrogens (primary N) is 1. The van der Waals surface area contributed by atoms with Crippen LogP contribution in [0.4, 0.5) is 0 Å². The number of amides is 2. The molecule has 0 unspecified atom stereocenters. The fourth-order valence-corrected chi connectivity index (χ4v) is 3.30. The Morgan fingerprint density at radius 3 is 2.23 bits per heavy atom. The second-order valence-electron chi connectivity index (χ2n) is 6.97. The molecule has 0 radical (unpaired) electrons. The molecule has 0 saturated carbocycles. The smallest absolute Gasteiger partial charge is 0.220 e. The number of carbonyl (C=O) groups excluding carboxylic acids is 2. The Bertz CT molecular complexity index is 447. The minimum absolute atomic E-state index is 0.0329. The molecule has 2 heterocycles. The number of ether oxygens (including phenoxy) is 4. The molecule has 26 heavy (non-hydrogen) atoms. The molecule has 2 fully saturated rings. The van der Waals surface area contributed by atoms with Gasteiger partial charge in [0, 0.05) is 19.4 Å². The fourth-order valence-electron chi connectivity index (χ4n) is 3.30. The SMILES string of the molecule is C[C@H]1OCO[C@H]2[C@@H]1OCO[C@H]2CNC(=O)CCCCCCCCC(N)=O. The summed E-state index contributed by atoms with van der Waals surface area (Å²) in [5.41, 5.74) is 5.10. The van der Waals surface area contributed by atoms with Gasteiger partial charge in [-0.1, -0.05) is 25.7 Å². The van der Waals surface area contributed by atoms with E-state index in [0.29, 0.717) is 19.4 Å². The van der Waals surface area contributed by atoms with E-state index in [1.807, 2.05) is 6.92 Å². The first-order chi connectivity index (χ1) is 12.6. The van der Waals surface area contributed by atoms with Gasteiger partial charge in [-0.05, 0) is 19.8 Å². The molecule has 0 aliphatic carbocycles. The first-order valence-corrected chi connectivity index (χ1v) is 9.59. The van der Waals surface area contributed by atoms with Crippen molar-refractivity contribution in [1.82, 2.24) is 5.32 Å². The number of rotatable bonds is 11. The minimum atomic E-state index is -0.234. The first kappa shape index (κ1) is 21.1. The maximum absolute atomic E-state index is 12.0. The van der Waals surface area contributed by atoms with Gasteiger partial charge in [-0.2, -0.15) is 0 Å². The average molecular weight is 372 g/mol. The third-order valence-electron chi connectivity index (χ3n) is 4.86. The van der Waals surface area contributed by atoms with Crippen LogP contribution < -0.4 is 11.1 Å². The quantitative estimate of drug-likeness (QED) is 0.528. The number of fused-ring (bicyclic) bond motifs is 1. The lowest BCUT2D eigenvalue weighted by molar-refractivity contribution is -0.318. The van der Waals surface area contributed by atoms with E-state index in [4.69, 9.17) is 24.7 Å². The molecular formula is C18H32N2O6. The van der Waals surface area contributed by atoms with Gasteiger partial charge in [0.15, 0.2) is 0 Å². The Labute approximate surface area is 155 Å². The van der Waals surface area contributed by atoms with Gasteiger partial charge in [-0.3, -0.25) is 9.59 Å². The molecular weight excluding hydrogens is 340 g/mol. The van der Waals surface area contributed by atoms with Gasteiger partial charge >= 0.3 is 0 Å². The zero-order valence-electron chi connectivity index (χ0n) is 15.6. The van der Waals surface area contributed by atoms with Crippen molar-refractivity contribution in [3.8, 4) is 0 Å². The van der Waals surface area contributed by atoms with Crippen LogP contribution in [0.15, 0.2) is 0 Å². The normalized spacial score (nSPS) is 28.3.